The number of urea groups is 1. The van der Waals surface area contributed by atoms with E-state index in [9.17, 15) is 9.59 Å². The van der Waals surface area contributed by atoms with Crippen LogP contribution < -0.4 is 5.32 Å². The van der Waals surface area contributed by atoms with Crippen molar-refractivity contribution < 1.29 is 19.4 Å². The Morgan fingerprint density at radius 2 is 2.11 bits per heavy atom. The van der Waals surface area contributed by atoms with E-state index in [0.717, 1.165) is 6.42 Å². The zero-order valence-corrected chi connectivity index (χ0v) is 11.2. The smallest absolute Gasteiger partial charge is 0.328 e. The molecule has 1 aliphatic rings. The first-order valence-electron chi connectivity index (χ1n) is 6.22. The number of rotatable bonds is 4. The highest BCUT2D eigenvalue weighted by Gasteiger charge is 2.28. The quantitative estimate of drug-likeness (QED) is 0.780. The lowest BCUT2D eigenvalue weighted by Crippen LogP contribution is -2.52. The number of likely N-dealkylation sites (tertiary alicyclic amines) is 1. The summed E-state index contributed by atoms with van der Waals surface area (Å²) in [6.45, 7) is 5.60. The molecule has 0 spiro atoms. The summed E-state index contributed by atoms with van der Waals surface area (Å²) in [4.78, 5) is 24.5. The number of nitrogens with zero attached hydrogens (tertiary/aromatic N) is 1. The molecule has 0 aromatic rings. The summed E-state index contributed by atoms with van der Waals surface area (Å²) in [7, 11) is 1.41. The van der Waals surface area contributed by atoms with Gasteiger partial charge in [0.25, 0.3) is 0 Å². The highest BCUT2D eigenvalue weighted by Crippen LogP contribution is 2.22. The minimum Gasteiger partial charge on any atom is -0.480 e. The van der Waals surface area contributed by atoms with Crippen LogP contribution in [-0.4, -0.2) is 54.9 Å². The molecule has 1 fully saturated rings. The van der Waals surface area contributed by atoms with Crippen molar-refractivity contribution in [2.45, 2.75) is 26.3 Å². The second-order valence-corrected chi connectivity index (χ2v) is 4.98. The molecule has 1 rings (SSSR count). The lowest BCUT2D eigenvalue weighted by atomic mass is 9.89. The Labute approximate surface area is 107 Å². The molecule has 3 unspecified atom stereocenters. The fraction of sp³-hybridized carbons (Fsp3) is 0.833. The molecule has 18 heavy (non-hydrogen) atoms. The number of piperidine rings is 1. The predicted octanol–water partition coefficient (Wildman–Crippen LogP) is 0.773. The van der Waals surface area contributed by atoms with Crippen molar-refractivity contribution in [2.75, 3.05) is 26.8 Å². The molecule has 1 aliphatic heterocycles. The first kappa shape index (κ1) is 14.8. The maximum atomic E-state index is 11.9. The number of carbonyl (C=O) groups excluding carboxylic acids is 1. The van der Waals surface area contributed by atoms with Gasteiger partial charge in [0, 0.05) is 20.2 Å². The SMILES string of the molecule is COCC(NC(=O)N1CCC(C)C(C)C1)C(=O)O. The van der Waals surface area contributed by atoms with E-state index in [4.69, 9.17) is 9.84 Å². The van der Waals surface area contributed by atoms with Gasteiger partial charge in [-0.2, -0.15) is 0 Å². The zero-order chi connectivity index (χ0) is 13.7. The minimum atomic E-state index is -1.08. The zero-order valence-electron chi connectivity index (χ0n) is 11.2. The Morgan fingerprint density at radius 1 is 1.44 bits per heavy atom. The molecule has 104 valence electrons. The summed E-state index contributed by atoms with van der Waals surface area (Å²) >= 11 is 0. The Hall–Kier alpha value is -1.30. The van der Waals surface area contributed by atoms with E-state index in [2.05, 4.69) is 19.2 Å². The van der Waals surface area contributed by atoms with Gasteiger partial charge in [-0.05, 0) is 18.3 Å². The minimum absolute atomic E-state index is 0.0269. The van der Waals surface area contributed by atoms with Crippen molar-refractivity contribution in [1.82, 2.24) is 10.2 Å². The van der Waals surface area contributed by atoms with Gasteiger partial charge in [0.1, 0.15) is 0 Å². The van der Waals surface area contributed by atoms with E-state index in [-0.39, 0.29) is 12.6 Å². The molecular formula is C12H22N2O4. The van der Waals surface area contributed by atoms with Gasteiger partial charge in [-0.3, -0.25) is 0 Å². The van der Waals surface area contributed by atoms with Crippen LogP contribution in [-0.2, 0) is 9.53 Å². The molecule has 0 bridgehead atoms. The summed E-state index contributed by atoms with van der Waals surface area (Å²) in [5.74, 6) is -0.0397. The highest BCUT2D eigenvalue weighted by atomic mass is 16.5. The third kappa shape index (κ3) is 3.87. The van der Waals surface area contributed by atoms with Crippen LogP contribution in [0.1, 0.15) is 20.3 Å². The van der Waals surface area contributed by atoms with Crippen LogP contribution in [0.2, 0.25) is 0 Å². The van der Waals surface area contributed by atoms with E-state index in [1.54, 1.807) is 4.90 Å². The molecule has 0 saturated carbocycles. The van der Waals surface area contributed by atoms with Crippen molar-refractivity contribution in [3.63, 3.8) is 0 Å². The van der Waals surface area contributed by atoms with Gasteiger partial charge in [0.2, 0.25) is 0 Å². The average Bonchev–Trinajstić information content (AvgIpc) is 2.31. The number of amides is 2. The van der Waals surface area contributed by atoms with Crippen LogP contribution in [0.5, 0.6) is 0 Å². The molecular weight excluding hydrogens is 236 g/mol. The van der Waals surface area contributed by atoms with Crippen LogP contribution in [0.3, 0.4) is 0 Å². The largest absolute Gasteiger partial charge is 0.480 e. The standard InChI is InChI=1S/C12H22N2O4/c1-8-4-5-14(6-9(8)2)12(17)13-10(7-18-3)11(15)16/h8-10H,4-7H2,1-3H3,(H,13,17)(H,15,16). The second-order valence-electron chi connectivity index (χ2n) is 4.98. The van der Waals surface area contributed by atoms with Crippen LogP contribution in [0, 0.1) is 11.8 Å². The Morgan fingerprint density at radius 3 is 2.61 bits per heavy atom. The molecule has 1 heterocycles. The summed E-state index contributed by atoms with van der Waals surface area (Å²) in [6, 6.07) is -1.31. The number of methoxy groups -OCH3 is 1. The normalized spacial score (nSPS) is 25.6. The molecule has 6 heteroatoms. The van der Waals surface area contributed by atoms with Crippen LogP contribution in [0.25, 0.3) is 0 Å². The van der Waals surface area contributed by atoms with E-state index in [1.165, 1.54) is 7.11 Å². The third-order valence-electron chi connectivity index (χ3n) is 3.55. The van der Waals surface area contributed by atoms with Gasteiger partial charge in [-0.1, -0.05) is 13.8 Å². The number of carboxylic acids is 1. The number of hydrogen-bond donors (Lipinski definition) is 2. The first-order chi connectivity index (χ1) is 8.45. The maximum absolute atomic E-state index is 11.9. The monoisotopic (exact) mass is 258 g/mol. The van der Waals surface area contributed by atoms with E-state index >= 15 is 0 Å². The fourth-order valence-electron chi connectivity index (χ4n) is 2.03. The lowest BCUT2D eigenvalue weighted by Gasteiger charge is -2.35. The van der Waals surface area contributed by atoms with Crippen molar-refractivity contribution in [1.29, 1.82) is 0 Å². The molecule has 6 nitrogen and oxygen atoms in total. The van der Waals surface area contributed by atoms with Crippen molar-refractivity contribution >= 4 is 12.0 Å². The van der Waals surface area contributed by atoms with Gasteiger partial charge >= 0.3 is 12.0 Å². The first-order valence-corrected chi connectivity index (χ1v) is 6.22. The second kappa shape index (κ2) is 6.58. The Kier molecular flexibility index (Phi) is 5.40. The molecule has 2 N–H and O–H groups in total. The summed E-state index contributed by atoms with van der Waals surface area (Å²) in [5, 5.41) is 11.4. The topological polar surface area (TPSA) is 78.9 Å². The Balaban J connectivity index is 2.51. The van der Waals surface area contributed by atoms with Crippen LogP contribution in [0.4, 0.5) is 4.79 Å². The lowest BCUT2D eigenvalue weighted by molar-refractivity contribution is -0.140. The molecule has 1 saturated heterocycles. The molecule has 0 aromatic heterocycles. The van der Waals surface area contributed by atoms with E-state index < -0.39 is 12.0 Å². The van der Waals surface area contributed by atoms with Crippen molar-refractivity contribution in [3.8, 4) is 0 Å². The van der Waals surface area contributed by atoms with Crippen LogP contribution in [0.15, 0.2) is 0 Å². The number of aliphatic carboxylic acids is 1. The average molecular weight is 258 g/mol. The number of carboxylic acid groups (broad SMARTS) is 1. The number of carbonyl (C=O) groups is 2. The molecule has 3 atom stereocenters. The van der Waals surface area contributed by atoms with Gasteiger partial charge in [-0.25, -0.2) is 9.59 Å². The summed E-state index contributed by atoms with van der Waals surface area (Å²) in [5.41, 5.74) is 0. The van der Waals surface area contributed by atoms with Gasteiger partial charge in [-0.15, -0.1) is 0 Å². The molecule has 0 radical (unpaired) electrons. The molecule has 2 amide bonds. The third-order valence-corrected chi connectivity index (χ3v) is 3.55. The summed E-state index contributed by atoms with van der Waals surface area (Å²) in [6.07, 6.45) is 0.955. The van der Waals surface area contributed by atoms with Crippen LogP contribution >= 0.6 is 0 Å². The number of hydrogen-bond acceptors (Lipinski definition) is 3. The van der Waals surface area contributed by atoms with Crippen molar-refractivity contribution in [3.05, 3.63) is 0 Å². The number of nitrogens with one attached hydrogen (secondary N) is 1. The number of ether oxygens (including phenoxy) is 1. The Bertz CT molecular complexity index is 308. The maximum Gasteiger partial charge on any atom is 0.328 e. The highest BCUT2D eigenvalue weighted by molar-refractivity contribution is 5.82. The van der Waals surface area contributed by atoms with E-state index in [1.807, 2.05) is 0 Å². The van der Waals surface area contributed by atoms with Gasteiger partial charge in [0.15, 0.2) is 6.04 Å². The fourth-order valence-corrected chi connectivity index (χ4v) is 2.03. The van der Waals surface area contributed by atoms with Crippen molar-refractivity contribution in [2.24, 2.45) is 11.8 Å². The molecule has 0 aliphatic carbocycles. The summed E-state index contributed by atoms with van der Waals surface area (Å²) < 4.78 is 4.78. The predicted molar refractivity (Wildman–Crippen MR) is 66.3 cm³/mol. The van der Waals surface area contributed by atoms with Gasteiger partial charge in [0.05, 0.1) is 6.61 Å². The molecule has 0 aromatic carbocycles. The van der Waals surface area contributed by atoms with E-state index in [0.29, 0.717) is 24.9 Å². The van der Waals surface area contributed by atoms with Gasteiger partial charge < -0.3 is 20.1 Å².